The van der Waals surface area contributed by atoms with Crippen molar-refractivity contribution in [1.29, 1.82) is 0 Å². The number of carbonyl (C=O) groups excluding carboxylic acids is 2. The van der Waals surface area contributed by atoms with Crippen molar-refractivity contribution in [3.05, 3.63) is 58.6 Å². The van der Waals surface area contributed by atoms with Gasteiger partial charge in [-0.15, -0.1) is 0 Å². The third-order valence-corrected chi connectivity index (χ3v) is 5.97. The zero-order valence-electron chi connectivity index (χ0n) is 17.4. The monoisotopic (exact) mass is 473 g/mol. The number of methoxy groups -OCH3 is 1. The van der Waals surface area contributed by atoms with Crippen LogP contribution in [0, 0.1) is 0 Å². The van der Waals surface area contributed by atoms with E-state index in [1.165, 1.54) is 0 Å². The molecule has 1 aliphatic rings. The van der Waals surface area contributed by atoms with Gasteiger partial charge in [0.1, 0.15) is 5.75 Å². The van der Waals surface area contributed by atoms with Crippen LogP contribution in [0.5, 0.6) is 5.75 Å². The average Bonchev–Trinajstić information content (AvgIpc) is 2.77. The average molecular weight is 474 g/mol. The summed E-state index contributed by atoms with van der Waals surface area (Å²) in [5.41, 5.74) is 1.90. The van der Waals surface area contributed by atoms with Gasteiger partial charge in [-0.1, -0.05) is 34.1 Å². The lowest BCUT2D eigenvalue weighted by molar-refractivity contribution is -0.133. The standard InChI is InChI=1S/C23H28BrN3O3/c1-17(23(29)25-20-5-3-4-19(24)16-20)26-12-14-27(15-13-26)22(28)11-8-18-6-9-21(30-2)10-7-18/h3-7,9-10,16-17H,8,11-15H2,1-2H3,(H,25,29). The first-order valence-electron chi connectivity index (χ1n) is 10.2. The number of halogens is 1. The molecule has 2 aromatic carbocycles. The Hall–Kier alpha value is -2.38. The van der Waals surface area contributed by atoms with Crippen molar-refractivity contribution in [2.75, 3.05) is 38.6 Å². The van der Waals surface area contributed by atoms with E-state index in [1.54, 1.807) is 7.11 Å². The minimum absolute atomic E-state index is 0.0348. The molecule has 2 amide bonds. The van der Waals surface area contributed by atoms with Crippen molar-refractivity contribution in [1.82, 2.24) is 9.80 Å². The van der Waals surface area contributed by atoms with Crippen molar-refractivity contribution in [2.24, 2.45) is 0 Å². The Morgan fingerprint density at radius 2 is 1.80 bits per heavy atom. The Bertz CT molecular complexity index is 864. The molecule has 0 saturated carbocycles. The van der Waals surface area contributed by atoms with Crippen LogP contribution in [0.3, 0.4) is 0 Å². The first kappa shape index (κ1) is 22.3. The second kappa shape index (κ2) is 10.6. The molecule has 1 saturated heterocycles. The summed E-state index contributed by atoms with van der Waals surface area (Å²) in [7, 11) is 1.64. The van der Waals surface area contributed by atoms with E-state index in [-0.39, 0.29) is 17.9 Å². The summed E-state index contributed by atoms with van der Waals surface area (Å²) < 4.78 is 6.09. The van der Waals surface area contributed by atoms with E-state index in [0.717, 1.165) is 21.5 Å². The fourth-order valence-corrected chi connectivity index (χ4v) is 3.94. The molecule has 1 fully saturated rings. The van der Waals surface area contributed by atoms with Crippen LogP contribution < -0.4 is 10.1 Å². The molecule has 1 aliphatic heterocycles. The van der Waals surface area contributed by atoms with E-state index >= 15 is 0 Å². The summed E-state index contributed by atoms with van der Waals surface area (Å²) in [4.78, 5) is 29.2. The molecule has 2 aromatic rings. The topological polar surface area (TPSA) is 61.9 Å². The number of benzene rings is 2. The molecule has 30 heavy (non-hydrogen) atoms. The second-order valence-corrected chi connectivity index (χ2v) is 8.36. The van der Waals surface area contributed by atoms with Crippen molar-refractivity contribution in [3.63, 3.8) is 0 Å². The van der Waals surface area contributed by atoms with Crippen LogP contribution in [0.4, 0.5) is 5.69 Å². The van der Waals surface area contributed by atoms with Crippen molar-refractivity contribution in [2.45, 2.75) is 25.8 Å². The van der Waals surface area contributed by atoms with E-state index in [4.69, 9.17) is 4.74 Å². The number of carbonyl (C=O) groups is 2. The Labute approximate surface area is 186 Å². The summed E-state index contributed by atoms with van der Waals surface area (Å²) in [6.45, 7) is 4.60. The van der Waals surface area contributed by atoms with Gasteiger partial charge in [0, 0.05) is 42.8 Å². The molecule has 7 heteroatoms. The molecular formula is C23H28BrN3O3. The smallest absolute Gasteiger partial charge is 0.241 e. The summed E-state index contributed by atoms with van der Waals surface area (Å²) in [6.07, 6.45) is 1.21. The number of piperazine rings is 1. The Kier molecular flexibility index (Phi) is 7.87. The lowest BCUT2D eigenvalue weighted by Crippen LogP contribution is -2.54. The molecule has 1 N–H and O–H groups in total. The van der Waals surface area contributed by atoms with Crippen LogP contribution in [0.1, 0.15) is 18.9 Å². The van der Waals surface area contributed by atoms with E-state index in [9.17, 15) is 9.59 Å². The molecule has 3 rings (SSSR count). The minimum atomic E-state index is -0.250. The lowest BCUT2D eigenvalue weighted by Gasteiger charge is -2.37. The van der Waals surface area contributed by atoms with Gasteiger partial charge in [-0.2, -0.15) is 0 Å². The minimum Gasteiger partial charge on any atom is -0.497 e. The molecule has 1 atom stereocenters. The number of anilines is 1. The third kappa shape index (κ3) is 6.06. The van der Waals surface area contributed by atoms with Gasteiger partial charge < -0.3 is 15.0 Å². The highest BCUT2D eigenvalue weighted by molar-refractivity contribution is 9.10. The van der Waals surface area contributed by atoms with Gasteiger partial charge in [-0.3, -0.25) is 14.5 Å². The molecular weight excluding hydrogens is 446 g/mol. The van der Waals surface area contributed by atoms with Gasteiger partial charge in [0.2, 0.25) is 11.8 Å². The number of hydrogen-bond donors (Lipinski definition) is 1. The Morgan fingerprint density at radius 1 is 1.10 bits per heavy atom. The predicted molar refractivity (Wildman–Crippen MR) is 122 cm³/mol. The predicted octanol–water partition coefficient (Wildman–Crippen LogP) is 3.56. The number of nitrogens with one attached hydrogen (secondary N) is 1. The van der Waals surface area contributed by atoms with Crippen LogP contribution in [-0.4, -0.2) is 60.9 Å². The lowest BCUT2D eigenvalue weighted by atomic mass is 10.1. The van der Waals surface area contributed by atoms with Crippen molar-refractivity contribution in [3.8, 4) is 5.75 Å². The summed E-state index contributed by atoms with van der Waals surface area (Å²) in [5.74, 6) is 0.948. The van der Waals surface area contributed by atoms with Crippen LogP contribution in [0.25, 0.3) is 0 Å². The van der Waals surface area contributed by atoms with E-state index in [0.29, 0.717) is 39.0 Å². The van der Waals surface area contributed by atoms with E-state index in [2.05, 4.69) is 26.1 Å². The fourth-order valence-electron chi connectivity index (χ4n) is 3.54. The van der Waals surface area contributed by atoms with E-state index < -0.39 is 0 Å². The highest BCUT2D eigenvalue weighted by atomic mass is 79.9. The Balaban J connectivity index is 1.43. The maximum Gasteiger partial charge on any atom is 0.241 e. The maximum absolute atomic E-state index is 12.6. The molecule has 0 bridgehead atoms. The molecule has 1 heterocycles. The summed E-state index contributed by atoms with van der Waals surface area (Å²) in [5, 5.41) is 2.96. The zero-order valence-corrected chi connectivity index (χ0v) is 19.0. The number of ether oxygens (including phenoxy) is 1. The van der Waals surface area contributed by atoms with E-state index in [1.807, 2.05) is 60.4 Å². The van der Waals surface area contributed by atoms with Crippen molar-refractivity contribution < 1.29 is 14.3 Å². The maximum atomic E-state index is 12.6. The first-order valence-corrected chi connectivity index (χ1v) is 11.0. The molecule has 0 aliphatic carbocycles. The van der Waals surface area contributed by atoms with Crippen molar-refractivity contribution >= 4 is 33.4 Å². The molecule has 0 radical (unpaired) electrons. The van der Waals surface area contributed by atoms with Gasteiger partial charge in [0.05, 0.1) is 13.2 Å². The van der Waals surface area contributed by atoms with Gasteiger partial charge in [-0.05, 0) is 49.2 Å². The quantitative estimate of drug-likeness (QED) is 0.667. The third-order valence-electron chi connectivity index (χ3n) is 5.47. The highest BCUT2D eigenvalue weighted by Gasteiger charge is 2.27. The zero-order chi connectivity index (χ0) is 21.5. The molecule has 6 nitrogen and oxygen atoms in total. The van der Waals surface area contributed by atoms with Gasteiger partial charge in [0.15, 0.2) is 0 Å². The summed E-state index contributed by atoms with van der Waals surface area (Å²) in [6, 6.07) is 15.1. The van der Waals surface area contributed by atoms with Crippen LogP contribution in [-0.2, 0) is 16.0 Å². The fraction of sp³-hybridized carbons (Fsp3) is 0.391. The van der Waals surface area contributed by atoms with Gasteiger partial charge in [0.25, 0.3) is 0 Å². The van der Waals surface area contributed by atoms with Gasteiger partial charge in [-0.25, -0.2) is 0 Å². The SMILES string of the molecule is COc1ccc(CCC(=O)N2CCN(C(C)C(=O)Nc3cccc(Br)c3)CC2)cc1. The number of rotatable bonds is 7. The first-order chi connectivity index (χ1) is 14.5. The second-order valence-electron chi connectivity index (χ2n) is 7.44. The van der Waals surface area contributed by atoms with Crippen LogP contribution >= 0.6 is 15.9 Å². The highest BCUT2D eigenvalue weighted by Crippen LogP contribution is 2.17. The number of nitrogens with zero attached hydrogens (tertiary/aromatic N) is 2. The van der Waals surface area contributed by atoms with Crippen LogP contribution in [0.15, 0.2) is 53.0 Å². The molecule has 0 aromatic heterocycles. The number of aryl methyl sites for hydroxylation is 1. The molecule has 0 spiro atoms. The number of hydrogen-bond acceptors (Lipinski definition) is 4. The van der Waals surface area contributed by atoms with Crippen LogP contribution in [0.2, 0.25) is 0 Å². The Morgan fingerprint density at radius 3 is 2.43 bits per heavy atom. The van der Waals surface area contributed by atoms with Gasteiger partial charge >= 0.3 is 0 Å². The normalized spacial score (nSPS) is 15.5. The summed E-state index contributed by atoms with van der Waals surface area (Å²) >= 11 is 3.42. The largest absolute Gasteiger partial charge is 0.497 e. The number of amides is 2. The molecule has 160 valence electrons. The molecule has 1 unspecified atom stereocenters.